The number of ether oxygens (including phenoxy) is 2. The van der Waals surface area contributed by atoms with Crippen LogP contribution in [-0.4, -0.2) is 18.4 Å². The summed E-state index contributed by atoms with van der Waals surface area (Å²) in [5, 5.41) is 10.6. The van der Waals surface area contributed by atoms with Crippen LogP contribution in [0.25, 0.3) is 0 Å². The molecule has 0 bridgehead atoms. The second-order valence-corrected chi connectivity index (χ2v) is 5.79. The number of rotatable bonds is 6. The predicted molar refractivity (Wildman–Crippen MR) is 97.4 cm³/mol. The van der Waals surface area contributed by atoms with Crippen molar-refractivity contribution in [2.45, 2.75) is 40.2 Å². The minimum atomic E-state index is -0.835. The summed E-state index contributed by atoms with van der Waals surface area (Å²) in [4.78, 5) is 11.7. The maximum atomic E-state index is 11.7. The van der Waals surface area contributed by atoms with Crippen molar-refractivity contribution in [2.24, 2.45) is 0 Å². The molecular weight excluding hydrogens is 318 g/mol. The van der Waals surface area contributed by atoms with Gasteiger partial charge in [0.25, 0.3) is 0 Å². The highest BCUT2D eigenvalue weighted by Crippen LogP contribution is 2.27. The normalized spacial score (nSPS) is 10.4. The number of benzene rings is 2. The fourth-order valence-corrected chi connectivity index (χ4v) is 2.75. The molecule has 0 saturated heterocycles. The molecule has 2 aromatic rings. The number of carbonyl (C=O) groups excluding carboxylic acids is 1. The Morgan fingerprint density at radius 2 is 1.92 bits per heavy atom. The van der Waals surface area contributed by atoms with Gasteiger partial charge >= 0.3 is 6.09 Å². The summed E-state index contributed by atoms with van der Waals surface area (Å²) in [5.41, 5.74) is 4.45. The smallest absolute Gasteiger partial charge is 0.438 e. The quantitative estimate of drug-likeness (QED) is 0.612. The monoisotopic (exact) mass is 343 g/mol. The Hall–Kier alpha value is -2.53. The van der Waals surface area contributed by atoms with Gasteiger partial charge < -0.3 is 9.47 Å². The summed E-state index contributed by atoms with van der Waals surface area (Å²) in [6.07, 6.45) is 0.899. The minimum absolute atomic E-state index is 0.250. The maximum absolute atomic E-state index is 11.7. The first-order chi connectivity index (χ1) is 12.0. The van der Waals surface area contributed by atoms with Crippen molar-refractivity contribution in [3.8, 4) is 5.75 Å². The standard InChI is InChI=1S/C20H25NO4/c1-5-15-10-11-19(14(3)12-15)25-13-17-16(6-2)8-7-9-18(17)21(23)20(22)24-4/h7-12,23H,5-6,13H2,1-4H3. The molecular formula is C20H25NO4. The Morgan fingerprint density at radius 1 is 1.16 bits per heavy atom. The van der Waals surface area contributed by atoms with E-state index in [1.165, 1.54) is 12.7 Å². The van der Waals surface area contributed by atoms with Gasteiger partial charge in [0.1, 0.15) is 12.4 Å². The van der Waals surface area contributed by atoms with Crippen molar-refractivity contribution in [1.29, 1.82) is 0 Å². The van der Waals surface area contributed by atoms with Gasteiger partial charge in [-0.25, -0.2) is 4.79 Å². The fraction of sp³-hybridized carbons (Fsp3) is 0.350. The predicted octanol–water partition coefficient (Wildman–Crippen LogP) is 4.66. The van der Waals surface area contributed by atoms with Crippen molar-refractivity contribution in [2.75, 3.05) is 12.2 Å². The number of methoxy groups -OCH3 is 1. The first kappa shape index (κ1) is 18.8. The molecule has 0 radical (unpaired) electrons. The first-order valence-corrected chi connectivity index (χ1v) is 8.41. The van der Waals surface area contributed by atoms with Crippen molar-refractivity contribution in [3.63, 3.8) is 0 Å². The highest BCUT2D eigenvalue weighted by molar-refractivity contribution is 5.86. The maximum Gasteiger partial charge on any atom is 0.438 e. The third-order valence-corrected chi connectivity index (χ3v) is 4.22. The average molecular weight is 343 g/mol. The lowest BCUT2D eigenvalue weighted by atomic mass is 10.0. The molecule has 2 rings (SSSR count). The Balaban J connectivity index is 2.30. The van der Waals surface area contributed by atoms with Crippen LogP contribution in [0, 0.1) is 6.92 Å². The largest absolute Gasteiger partial charge is 0.489 e. The Labute approximate surface area is 148 Å². The lowest BCUT2D eigenvalue weighted by Crippen LogP contribution is -2.28. The molecule has 0 aliphatic heterocycles. The van der Waals surface area contributed by atoms with Gasteiger partial charge in [-0.15, -0.1) is 0 Å². The molecule has 25 heavy (non-hydrogen) atoms. The van der Waals surface area contributed by atoms with Crippen LogP contribution in [0.2, 0.25) is 0 Å². The summed E-state index contributed by atoms with van der Waals surface area (Å²) in [5.74, 6) is 0.789. The van der Waals surface area contributed by atoms with Gasteiger partial charge in [-0.1, -0.05) is 38.1 Å². The SMILES string of the molecule is CCc1ccc(OCc2c(CC)cccc2N(O)C(=O)OC)c(C)c1. The van der Waals surface area contributed by atoms with Crippen molar-refractivity contribution < 1.29 is 19.5 Å². The van der Waals surface area contributed by atoms with Crippen LogP contribution in [0.4, 0.5) is 10.5 Å². The molecule has 0 heterocycles. The second kappa shape index (κ2) is 8.53. The van der Waals surface area contributed by atoms with Crippen LogP contribution >= 0.6 is 0 Å². The van der Waals surface area contributed by atoms with Crippen molar-refractivity contribution in [1.82, 2.24) is 0 Å². The second-order valence-electron chi connectivity index (χ2n) is 5.79. The lowest BCUT2D eigenvalue weighted by Gasteiger charge is -2.20. The molecule has 1 N–H and O–H groups in total. The summed E-state index contributed by atoms with van der Waals surface area (Å²) in [6, 6.07) is 11.5. The first-order valence-electron chi connectivity index (χ1n) is 8.41. The molecule has 2 aromatic carbocycles. The van der Waals surface area contributed by atoms with Gasteiger partial charge in [0.15, 0.2) is 0 Å². The van der Waals surface area contributed by atoms with Crippen LogP contribution in [0.3, 0.4) is 0 Å². The molecule has 0 aliphatic carbocycles. The van der Waals surface area contributed by atoms with E-state index >= 15 is 0 Å². The lowest BCUT2D eigenvalue weighted by molar-refractivity contribution is 0.140. The van der Waals surface area contributed by atoms with E-state index < -0.39 is 6.09 Å². The number of hydrogen-bond donors (Lipinski definition) is 1. The van der Waals surface area contributed by atoms with Gasteiger partial charge in [-0.3, -0.25) is 5.21 Å². The number of amides is 1. The average Bonchev–Trinajstić information content (AvgIpc) is 2.65. The molecule has 0 aromatic heterocycles. The molecule has 5 heteroatoms. The van der Waals surface area contributed by atoms with E-state index in [4.69, 9.17) is 4.74 Å². The number of aryl methyl sites for hydroxylation is 3. The van der Waals surface area contributed by atoms with Gasteiger partial charge in [-0.05, 0) is 48.6 Å². The zero-order valence-electron chi connectivity index (χ0n) is 15.2. The van der Waals surface area contributed by atoms with E-state index in [1.807, 2.05) is 32.0 Å². The summed E-state index contributed by atoms with van der Waals surface area (Å²) in [7, 11) is 1.23. The minimum Gasteiger partial charge on any atom is -0.489 e. The van der Waals surface area contributed by atoms with Crippen LogP contribution in [0.5, 0.6) is 5.75 Å². The highest BCUT2D eigenvalue weighted by atomic mass is 16.6. The molecule has 0 atom stereocenters. The number of hydrogen-bond acceptors (Lipinski definition) is 4. The fourth-order valence-electron chi connectivity index (χ4n) is 2.75. The van der Waals surface area contributed by atoms with Gasteiger partial charge in [-0.2, -0.15) is 5.06 Å². The van der Waals surface area contributed by atoms with Crippen LogP contribution in [0.1, 0.15) is 36.1 Å². The van der Waals surface area contributed by atoms with E-state index in [9.17, 15) is 10.0 Å². The van der Waals surface area contributed by atoms with Crippen LogP contribution < -0.4 is 9.80 Å². The molecule has 0 saturated carbocycles. The van der Waals surface area contributed by atoms with Gasteiger partial charge in [0.05, 0.1) is 12.8 Å². The molecule has 0 spiro atoms. The van der Waals surface area contributed by atoms with E-state index in [0.29, 0.717) is 10.8 Å². The highest BCUT2D eigenvalue weighted by Gasteiger charge is 2.19. The Bertz CT molecular complexity index is 742. The third kappa shape index (κ3) is 4.31. The third-order valence-electron chi connectivity index (χ3n) is 4.22. The van der Waals surface area contributed by atoms with Crippen molar-refractivity contribution in [3.05, 3.63) is 58.7 Å². The number of anilines is 1. The van der Waals surface area contributed by atoms with Crippen LogP contribution in [-0.2, 0) is 24.2 Å². The number of carbonyl (C=O) groups is 1. The zero-order chi connectivity index (χ0) is 18.4. The zero-order valence-corrected chi connectivity index (χ0v) is 15.2. The Kier molecular flexibility index (Phi) is 6.42. The summed E-state index contributed by atoms with van der Waals surface area (Å²) in [6.45, 7) is 6.39. The van der Waals surface area contributed by atoms with E-state index in [2.05, 4.69) is 17.7 Å². The van der Waals surface area contributed by atoms with Crippen molar-refractivity contribution >= 4 is 11.8 Å². The van der Waals surface area contributed by atoms with E-state index in [-0.39, 0.29) is 6.61 Å². The summed E-state index contributed by atoms with van der Waals surface area (Å²) >= 11 is 0. The summed E-state index contributed by atoms with van der Waals surface area (Å²) < 4.78 is 10.6. The molecule has 0 unspecified atom stereocenters. The Morgan fingerprint density at radius 3 is 2.52 bits per heavy atom. The number of nitrogens with zero attached hydrogens (tertiary/aromatic N) is 1. The van der Waals surface area contributed by atoms with E-state index in [0.717, 1.165) is 35.3 Å². The topological polar surface area (TPSA) is 59.0 Å². The van der Waals surface area contributed by atoms with E-state index in [1.54, 1.807) is 12.1 Å². The van der Waals surface area contributed by atoms with Gasteiger partial charge in [0, 0.05) is 5.56 Å². The molecule has 5 nitrogen and oxygen atoms in total. The molecule has 0 fully saturated rings. The molecule has 1 amide bonds. The van der Waals surface area contributed by atoms with Crippen LogP contribution in [0.15, 0.2) is 36.4 Å². The molecule has 134 valence electrons. The van der Waals surface area contributed by atoms with Gasteiger partial charge in [0.2, 0.25) is 0 Å². The number of hydroxylamine groups is 1. The molecule has 0 aliphatic rings.